The van der Waals surface area contributed by atoms with Crippen molar-refractivity contribution < 1.29 is 8.98 Å². The van der Waals surface area contributed by atoms with Gasteiger partial charge in [-0.2, -0.15) is 0 Å². The molecule has 212 valence electrons. The molecule has 2 nitrogen and oxygen atoms in total. The van der Waals surface area contributed by atoms with E-state index in [-0.39, 0.29) is 5.97 Å². The largest absolute Gasteiger partial charge is 0.495 e. The van der Waals surface area contributed by atoms with Gasteiger partial charge in [0.25, 0.3) is 0 Å². The van der Waals surface area contributed by atoms with Gasteiger partial charge in [-0.15, -0.1) is 0 Å². The summed E-state index contributed by atoms with van der Waals surface area (Å²) in [5, 5.41) is 0. The van der Waals surface area contributed by atoms with Crippen molar-refractivity contribution in [2.75, 3.05) is 0 Å². The highest BCUT2D eigenvalue weighted by Crippen LogP contribution is 2.69. The minimum atomic E-state index is -2.09. The maximum Gasteiger partial charge on any atom is 0.495 e. The standard InChI is InChI=1S/C36H50O2S/c1-2-3-4-5-6-7-8-9-10-11-12-13-14-15-25-32-36(37)38-39(33-26-19-16-20-27-33,34-28-21-17-22-29-34)35-30-23-18-24-31-35/h16-24,26-31H,2-15,25,32H2,1H3/p+1. The van der Waals surface area contributed by atoms with Gasteiger partial charge >= 0.3 is 5.97 Å². The highest BCUT2D eigenvalue weighted by Gasteiger charge is 2.41. The van der Waals surface area contributed by atoms with Crippen LogP contribution in [0.25, 0.3) is 0 Å². The quantitative estimate of drug-likeness (QED) is 0.102. The summed E-state index contributed by atoms with van der Waals surface area (Å²) in [5.74, 6) is 0.149. The van der Waals surface area contributed by atoms with Gasteiger partial charge in [-0.05, 0) is 42.8 Å². The maximum absolute atomic E-state index is 11.1. The van der Waals surface area contributed by atoms with Crippen LogP contribution < -0.4 is 0 Å². The van der Waals surface area contributed by atoms with E-state index in [0.717, 1.165) is 27.5 Å². The van der Waals surface area contributed by atoms with Gasteiger partial charge in [-0.3, -0.25) is 4.18 Å². The van der Waals surface area contributed by atoms with Crippen LogP contribution in [-0.4, -0.2) is 10.8 Å². The van der Waals surface area contributed by atoms with Crippen molar-refractivity contribution in [3.05, 3.63) is 91.0 Å². The first-order chi connectivity index (χ1) is 19.3. The number of hydrogen-bond acceptors (Lipinski definition) is 1. The molecular weight excluding hydrogens is 496 g/mol. The number of hydrogen-bond donors (Lipinski definition) is 0. The lowest BCUT2D eigenvalue weighted by molar-refractivity contribution is 0.468. The van der Waals surface area contributed by atoms with Crippen LogP contribution in [-0.2, 0) is 4.18 Å². The molecule has 3 rings (SSSR count). The van der Waals surface area contributed by atoms with Gasteiger partial charge in [-0.25, -0.2) is 0 Å². The monoisotopic (exact) mass is 547 g/mol. The van der Waals surface area contributed by atoms with Crippen LogP contribution in [0.5, 0.6) is 0 Å². The van der Waals surface area contributed by atoms with Gasteiger partial charge in [0.15, 0.2) is 0 Å². The van der Waals surface area contributed by atoms with Crippen molar-refractivity contribution in [1.82, 2.24) is 0 Å². The Morgan fingerprint density at radius 2 is 0.795 bits per heavy atom. The van der Waals surface area contributed by atoms with E-state index in [9.17, 15) is 4.79 Å². The Hall–Kier alpha value is -2.52. The van der Waals surface area contributed by atoms with Crippen LogP contribution in [0.3, 0.4) is 0 Å². The van der Waals surface area contributed by atoms with E-state index in [1.54, 1.807) is 0 Å². The van der Waals surface area contributed by atoms with Crippen LogP contribution in [0.4, 0.5) is 0 Å². The van der Waals surface area contributed by atoms with Gasteiger partial charge in [0, 0.05) is 0 Å². The minimum Gasteiger partial charge on any atom is -0.338 e. The Bertz CT molecular complexity index is 923. The second-order valence-corrected chi connectivity index (χ2v) is 13.4. The fourth-order valence-electron chi connectivity index (χ4n) is 5.22. The summed E-state index contributed by atoms with van der Waals surface area (Å²) < 4.78 is 6.67. The lowest BCUT2D eigenvalue weighted by atomic mass is 10.0. The first-order valence-corrected chi connectivity index (χ1v) is 17.1. The van der Waals surface area contributed by atoms with Crippen molar-refractivity contribution in [3.63, 3.8) is 0 Å². The Balaban J connectivity index is 1.43. The molecule has 0 unspecified atom stereocenters. The molecule has 3 aromatic rings. The fraction of sp³-hybridized carbons (Fsp3) is 0.472. The third-order valence-electron chi connectivity index (χ3n) is 7.44. The summed E-state index contributed by atoms with van der Waals surface area (Å²) in [5.41, 5.74) is 0. The van der Waals surface area contributed by atoms with Crippen LogP contribution in [0.1, 0.15) is 110 Å². The first kappa shape index (κ1) is 31.0. The second-order valence-electron chi connectivity index (χ2n) is 10.7. The van der Waals surface area contributed by atoms with Gasteiger partial charge in [0.1, 0.15) is 6.42 Å². The van der Waals surface area contributed by atoms with E-state index < -0.39 is 10.3 Å². The SMILES string of the molecule is CCCCCCCCCCCCCCCCCC(=[OH+])OS(c1ccccc1)(c1ccccc1)c1ccccc1. The molecule has 0 spiro atoms. The lowest BCUT2D eigenvalue weighted by Crippen LogP contribution is -2.14. The zero-order chi connectivity index (χ0) is 27.4. The van der Waals surface area contributed by atoms with Crippen molar-refractivity contribution in [2.24, 2.45) is 0 Å². The van der Waals surface area contributed by atoms with Gasteiger partial charge in [-0.1, -0.05) is 151 Å². The van der Waals surface area contributed by atoms with Gasteiger partial charge in [0.2, 0.25) is 0 Å². The zero-order valence-electron chi connectivity index (χ0n) is 24.2. The van der Waals surface area contributed by atoms with Crippen molar-refractivity contribution in [1.29, 1.82) is 0 Å². The molecule has 0 saturated heterocycles. The molecule has 0 radical (unpaired) electrons. The normalized spacial score (nSPS) is 11.8. The first-order valence-electron chi connectivity index (χ1n) is 15.5. The van der Waals surface area contributed by atoms with Gasteiger partial charge < -0.3 is 4.79 Å². The molecule has 3 aromatic carbocycles. The van der Waals surface area contributed by atoms with E-state index in [4.69, 9.17) is 4.18 Å². The van der Waals surface area contributed by atoms with Crippen molar-refractivity contribution >= 4 is 16.3 Å². The number of benzene rings is 3. The molecule has 0 amide bonds. The number of rotatable bonds is 20. The fourth-order valence-corrected chi connectivity index (χ4v) is 8.32. The highest BCUT2D eigenvalue weighted by molar-refractivity contribution is 8.30. The molecule has 0 aromatic heterocycles. The molecule has 0 atom stereocenters. The molecule has 0 aliphatic rings. The lowest BCUT2D eigenvalue weighted by Gasteiger charge is -2.33. The Morgan fingerprint density at radius 3 is 1.13 bits per heavy atom. The Kier molecular flexibility index (Phi) is 14.9. The van der Waals surface area contributed by atoms with Crippen LogP contribution in [0.2, 0.25) is 0 Å². The highest BCUT2D eigenvalue weighted by atomic mass is 32.3. The smallest absolute Gasteiger partial charge is 0.338 e. The molecule has 0 heterocycles. The Morgan fingerprint density at radius 1 is 0.487 bits per heavy atom. The molecule has 39 heavy (non-hydrogen) atoms. The predicted molar refractivity (Wildman–Crippen MR) is 169 cm³/mol. The third kappa shape index (κ3) is 10.5. The maximum atomic E-state index is 11.1. The third-order valence-corrected chi connectivity index (χ3v) is 10.7. The van der Waals surface area contributed by atoms with Crippen LogP contribution in [0.15, 0.2) is 106 Å². The minimum absolute atomic E-state index is 0.149. The number of carbonyl (C=O) groups excluding carboxylic acids is 1. The summed E-state index contributed by atoms with van der Waals surface area (Å²) in [7, 11) is -2.09. The zero-order valence-corrected chi connectivity index (χ0v) is 25.1. The number of unbranched alkanes of at least 4 members (excludes halogenated alkanes) is 14. The average Bonchev–Trinajstić information content (AvgIpc) is 2.99. The molecule has 1 N–H and O–H groups in total. The average molecular weight is 548 g/mol. The topological polar surface area (TPSA) is 30.6 Å². The van der Waals surface area contributed by atoms with E-state index in [1.165, 1.54) is 83.5 Å². The van der Waals surface area contributed by atoms with Gasteiger partial charge in [0.05, 0.1) is 25.0 Å². The second kappa shape index (κ2) is 18.7. The predicted octanol–water partition coefficient (Wildman–Crippen LogP) is 11.7. The van der Waals surface area contributed by atoms with Crippen LogP contribution >= 0.6 is 10.3 Å². The molecule has 0 fully saturated rings. The summed E-state index contributed by atoms with van der Waals surface area (Å²) >= 11 is 0. The van der Waals surface area contributed by atoms with E-state index in [1.807, 2.05) is 18.2 Å². The molecule has 3 heteroatoms. The summed E-state index contributed by atoms with van der Waals surface area (Å²) in [6, 6.07) is 31.1. The summed E-state index contributed by atoms with van der Waals surface area (Å²) in [6.07, 6.45) is 20.6. The molecule has 0 aliphatic heterocycles. The molecule has 0 bridgehead atoms. The molecular formula is C36H51O2S+. The van der Waals surface area contributed by atoms with Crippen LogP contribution in [0, 0.1) is 0 Å². The molecule has 0 aliphatic carbocycles. The van der Waals surface area contributed by atoms with E-state index in [2.05, 4.69) is 79.7 Å². The van der Waals surface area contributed by atoms with Crippen molar-refractivity contribution in [3.8, 4) is 0 Å². The summed E-state index contributed by atoms with van der Waals surface area (Å²) in [6.45, 7) is 2.28. The van der Waals surface area contributed by atoms with Crippen molar-refractivity contribution in [2.45, 2.75) is 124 Å². The van der Waals surface area contributed by atoms with E-state index >= 15 is 0 Å². The summed E-state index contributed by atoms with van der Waals surface area (Å²) in [4.78, 5) is 14.4. The molecule has 0 saturated carbocycles. The van der Waals surface area contributed by atoms with E-state index in [0.29, 0.717) is 6.42 Å². The Labute approximate surface area is 240 Å².